The van der Waals surface area contributed by atoms with E-state index in [4.69, 9.17) is 5.41 Å². The van der Waals surface area contributed by atoms with E-state index in [1.54, 1.807) is 19.5 Å². The number of hydrogen-bond donors (Lipinski definition) is 1. The SMILES string of the molecule is CC(=N)N1C=NC(C)(C)C=N1. The normalized spacial score (nSPS) is 20.5. The van der Waals surface area contributed by atoms with Crippen LogP contribution in [0.4, 0.5) is 0 Å². The molecule has 1 rings (SSSR count). The van der Waals surface area contributed by atoms with E-state index in [9.17, 15) is 0 Å². The first-order valence-electron chi connectivity index (χ1n) is 3.46. The van der Waals surface area contributed by atoms with Crippen LogP contribution in [0.2, 0.25) is 0 Å². The smallest absolute Gasteiger partial charge is 0.120 e. The van der Waals surface area contributed by atoms with E-state index in [0.29, 0.717) is 5.84 Å². The van der Waals surface area contributed by atoms with Gasteiger partial charge in [-0.2, -0.15) is 5.10 Å². The van der Waals surface area contributed by atoms with E-state index in [1.165, 1.54) is 5.01 Å². The summed E-state index contributed by atoms with van der Waals surface area (Å²) in [6, 6.07) is 0. The Morgan fingerprint density at radius 2 is 2.18 bits per heavy atom. The lowest BCUT2D eigenvalue weighted by Gasteiger charge is -2.22. The first-order chi connectivity index (χ1) is 5.01. The lowest BCUT2D eigenvalue weighted by atomic mass is 10.1. The minimum Gasteiger partial charge on any atom is -0.287 e. The highest BCUT2D eigenvalue weighted by atomic mass is 15.5. The maximum absolute atomic E-state index is 7.24. The fourth-order valence-electron chi connectivity index (χ4n) is 0.643. The molecule has 0 fully saturated rings. The Morgan fingerprint density at radius 1 is 1.55 bits per heavy atom. The van der Waals surface area contributed by atoms with Crippen molar-refractivity contribution in [3.8, 4) is 0 Å². The largest absolute Gasteiger partial charge is 0.287 e. The molecule has 1 aliphatic rings. The predicted molar refractivity (Wildman–Crippen MR) is 46.3 cm³/mol. The van der Waals surface area contributed by atoms with Crippen molar-refractivity contribution in [3.63, 3.8) is 0 Å². The van der Waals surface area contributed by atoms with Crippen molar-refractivity contribution in [2.75, 3.05) is 0 Å². The fourth-order valence-corrected chi connectivity index (χ4v) is 0.643. The second-order valence-electron chi connectivity index (χ2n) is 3.07. The van der Waals surface area contributed by atoms with Crippen molar-refractivity contribution in [3.05, 3.63) is 0 Å². The van der Waals surface area contributed by atoms with E-state index in [-0.39, 0.29) is 5.54 Å². The topological polar surface area (TPSA) is 51.8 Å². The van der Waals surface area contributed by atoms with E-state index in [1.807, 2.05) is 13.8 Å². The minimum absolute atomic E-state index is 0.216. The quantitative estimate of drug-likeness (QED) is 0.410. The van der Waals surface area contributed by atoms with Crippen molar-refractivity contribution < 1.29 is 0 Å². The summed E-state index contributed by atoms with van der Waals surface area (Å²) in [6.45, 7) is 5.59. The molecule has 0 unspecified atom stereocenters. The van der Waals surface area contributed by atoms with Gasteiger partial charge in [-0.15, -0.1) is 0 Å². The van der Waals surface area contributed by atoms with E-state index < -0.39 is 0 Å². The first-order valence-corrected chi connectivity index (χ1v) is 3.46. The molecule has 0 radical (unpaired) electrons. The molecule has 0 spiro atoms. The van der Waals surface area contributed by atoms with Crippen LogP contribution in [0.1, 0.15) is 20.8 Å². The standard InChI is InChI=1S/C7H12N4/c1-6(8)11-5-9-7(2,3)4-10-11/h4-5,8H,1-3H3. The van der Waals surface area contributed by atoms with Gasteiger partial charge in [-0.1, -0.05) is 0 Å². The molecular formula is C7H12N4. The highest BCUT2D eigenvalue weighted by Gasteiger charge is 2.16. The zero-order chi connectivity index (χ0) is 8.48. The Morgan fingerprint density at radius 3 is 2.55 bits per heavy atom. The van der Waals surface area contributed by atoms with Gasteiger partial charge in [0.25, 0.3) is 0 Å². The molecule has 0 aromatic rings. The zero-order valence-corrected chi connectivity index (χ0v) is 7.00. The van der Waals surface area contributed by atoms with Crippen LogP contribution in [-0.4, -0.2) is 28.9 Å². The van der Waals surface area contributed by atoms with Gasteiger partial charge in [-0.05, 0) is 20.8 Å². The van der Waals surface area contributed by atoms with E-state index in [2.05, 4.69) is 10.1 Å². The van der Waals surface area contributed by atoms with Gasteiger partial charge < -0.3 is 0 Å². The van der Waals surface area contributed by atoms with Crippen LogP contribution in [0, 0.1) is 5.41 Å². The third kappa shape index (κ3) is 1.86. The van der Waals surface area contributed by atoms with Crippen LogP contribution < -0.4 is 0 Å². The molecule has 0 aromatic carbocycles. The van der Waals surface area contributed by atoms with Crippen molar-refractivity contribution in [2.24, 2.45) is 10.1 Å². The van der Waals surface area contributed by atoms with Crippen LogP contribution in [0.25, 0.3) is 0 Å². The number of amidine groups is 1. The molecule has 1 aliphatic heterocycles. The second kappa shape index (κ2) is 2.45. The van der Waals surface area contributed by atoms with Crippen LogP contribution >= 0.6 is 0 Å². The summed E-state index contributed by atoms with van der Waals surface area (Å²) < 4.78 is 0. The third-order valence-corrected chi connectivity index (χ3v) is 1.34. The Hall–Kier alpha value is -1.19. The zero-order valence-electron chi connectivity index (χ0n) is 7.00. The molecule has 0 atom stereocenters. The van der Waals surface area contributed by atoms with Gasteiger partial charge >= 0.3 is 0 Å². The Balaban J connectivity index is 2.72. The molecule has 60 valence electrons. The summed E-state index contributed by atoms with van der Waals surface area (Å²) in [5.74, 6) is 0.375. The van der Waals surface area contributed by atoms with Crippen LogP contribution in [0.15, 0.2) is 10.1 Å². The average Bonchev–Trinajstić information content (AvgIpc) is 1.86. The molecule has 1 heterocycles. The summed E-state index contributed by atoms with van der Waals surface area (Å²) in [5, 5.41) is 12.7. The summed E-state index contributed by atoms with van der Waals surface area (Å²) in [5.41, 5.74) is -0.216. The lowest BCUT2D eigenvalue weighted by molar-refractivity contribution is 0.596. The predicted octanol–water partition coefficient (Wildman–Crippen LogP) is 1.09. The summed E-state index contributed by atoms with van der Waals surface area (Å²) >= 11 is 0. The Bertz CT molecular complexity index is 211. The lowest BCUT2D eigenvalue weighted by Crippen LogP contribution is -2.31. The number of rotatable bonds is 0. The van der Waals surface area contributed by atoms with Gasteiger partial charge in [-0.25, -0.2) is 5.01 Å². The van der Waals surface area contributed by atoms with Gasteiger partial charge in [0.15, 0.2) is 0 Å². The molecular weight excluding hydrogens is 140 g/mol. The molecule has 4 heteroatoms. The molecule has 11 heavy (non-hydrogen) atoms. The van der Waals surface area contributed by atoms with Gasteiger partial charge in [0.1, 0.15) is 12.2 Å². The van der Waals surface area contributed by atoms with Gasteiger partial charge in [0.2, 0.25) is 0 Å². The summed E-state index contributed by atoms with van der Waals surface area (Å²) in [7, 11) is 0. The van der Waals surface area contributed by atoms with Crippen LogP contribution in [-0.2, 0) is 0 Å². The third-order valence-electron chi connectivity index (χ3n) is 1.34. The fraction of sp³-hybridized carbons (Fsp3) is 0.571. The van der Waals surface area contributed by atoms with Gasteiger partial charge in [-0.3, -0.25) is 10.4 Å². The number of nitrogens with one attached hydrogen (secondary N) is 1. The Labute approximate surface area is 66.1 Å². The molecule has 4 nitrogen and oxygen atoms in total. The van der Waals surface area contributed by atoms with Crippen LogP contribution in [0.3, 0.4) is 0 Å². The Kier molecular flexibility index (Phi) is 1.76. The highest BCUT2D eigenvalue weighted by Crippen LogP contribution is 2.09. The van der Waals surface area contributed by atoms with Gasteiger partial charge in [0.05, 0.1) is 11.8 Å². The molecule has 0 bridgehead atoms. The molecule has 0 saturated heterocycles. The van der Waals surface area contributed by atoms with Crippen molar-refractivity contribution in [1.29, 1.82) is 5.41 Å². The molecule has 0 amide bonds. The molecule has 0 aliphatic carbocycles. The van der Waals surface area contributed by atoms with Crippen LogP contribution in [0.5, 0.6) is 0 Å². The number of aliphatic imine (C=N–C) groups is 1. The van der Waals surface area contributed by atoms with Crippen molar-refractivity contribution >= 4 is 18.4 Å². The maximum atomic E-state index is 7.24. The maximum Gasteiger partial charge on any atom is 0.120 e. The van der Waals surface area contributed by atoms with E-state index >= 15 is 0 Å². The number of nitrogens with zero attached hydrogens (tertiary/aromatic N) is 3. The molecule has 0 aromatic heterocycles. The molecule has 0 saturated carbocycles. The summed E-state index contributed by atoms with van der Waals surface area (Å²) in [4.78, 5) is 4.18. The second-order valence-corrected chi connectivity index (χ2v) is 3.07. The van der Waals surface area contributed by atoms with Crippen molar-refractivity contribution in [2.45, 2.75) is 26.3 Å². The number of hydrogen-bond acceptors (Lipinski definition) is 3. The van der Waals surface area contributed by atoms with Gasteiger partial charge in [0, 0.05) is 0 Å². The van der Waals surface area contributed by atoms with Crippen molar-refractivity contribution in [1.82, 2.24) is 5.01 Å². The summed E-state index contributed by atoms with van der Waals surface area (Å²) in [6.07, 6.45) is 3.30. The van der Waals surface area contributed by atoms with E-state index in [0.717, 1.165) is 0 Å². The highest BCUT2D eigenvalue weighted by molar-refractivity contribution is 5.91. The minimum atomic E-state index is -0.216. The number of hydrazone groups is 1. The monoisotopic (exact) mass is 152 g/mol. The molecule has 1 N–H and O–H groups in total. The average molecular weight is 152 g/mol. The first kappa shape index (κ1) is 7.91.